The third kappa shape index (κ3) is 3.55. The zero-order valence-electron chi connectivity index (χ0n) is 8.71. The minimum atomic E-state index is -0.0737. The van der Waals surface area contributed by atoms with Gasteiger partial charge in [0.1, 0.15) is 16.0 Å². The van der Waals surface area contributed by atoms with Gasteiger partial charge >= 0.3 is 0 Å². The number of benzene rings is 1. The molecule has 0 unspecified atom stereocenters. The fourth-order valence-corrected chi connectivity index (χ4v) is 2.18. The molecule has 0 radical (unpaired) electrons. The monoisotopic (exact) mass is 382 g/mol. The van der Waals surface area contributed by atoms with Crippen LogP contribution in [0.4, 0.5) is 0 Å². The SMILES string of the molecule is CNC(=S)N[NH+]=Cc1cc(Br)c(O)c(Br)c1O. The van der Waals surface area contributed by atoms with Gasteiger partial charge in [-0.2, -0.15) is 0 Å². The van der Waals surface area contributed by atoms with E-state index in [2.05, 4.69) is 47.7 Å². The Morgan fingerprint density at radius 1 is 1.41 bits per heavy atom. The molecule has 0 heterocycles. The van der Waals surface area contributed by atoms with E-state index in [9.17, 15) is 10.2 Å². The molecule has 0 spiro atoms. The van der Waals surface area contributed by atoms with Crippen molar-refractivity contribution in [2.24, 2.45) is 0 Å². The second-order valence-electron chi connectivity index (χ2n) is 2.95. The largest absolute Gasteiger partial charge is 0.506 e. The van der Waals surface area contributed by atoms with Gasteiger partial charge in [-0.25, -0.2) is 0 Å². The van der Waals surface area contributed by atoms with Crippen LogP contribution in [0.3, 0.4) is 0 Å². The number of rotatable bonds is 2. The molecule has 1 rings (SSSR count). The molecule has 5 nitrogen and oxygen atoms in total. The molecule has 0 aromatic heterocycles. The summed E-state index contributed by atoms with van der Waals surface area (Å²) >= 11 is 11.1. The number of hydrogen-bond acceptors (Lipinski definition) is 3. The molecule has 92 valence electrons. The van der Waals surface area contributed by atoms with E-state index in [1.165, 1.54) is 6.21 Å². The van der Waals surface area contributed by atoms with Crippen molar-refractivity contribution in [1.82, 2.24) is 10.7 Å². The minimum absolute atomic E-state index is 0.0571. The number of phenols is 2. The molecule has 0 aliphatic heterocycles. The molecular weight excluding hydrogens is 374 g/mol. The molecule has 0 fully saturated rings. The highest BCUT2D eigenvalue weighted by atomic mass is 79.9. The van der Waals surface area contributed by atoms with E-state index < -0.39 is 0 Å². The van der Waals surface area contributed by atoms with Gasteiger partial charge in [0.05, 0.1) is 10.0 Å². The average Bonchev–Trinajstić information content (AvgIpc) is 2.32. The van der Waals surface area contributed by atoms with Crippen LogP contribution >= 0.6 is 44.1 Å². The fourth-order valence-electron chi connectivity index (χ4n) is 0.969. The van der Waals surface area contributed by atoms with Crippen molar-refractivity contribution >= 4 is 55.4 Å². The topological polar surface area (TPSA) is 78.5 Å². The van der Waals surface area contributed by atoms with Gasteiger partial charge in [-0.05, 0) is 50.1 Å². The molecule has 1 aromatic carbocycles. The molecule has 1 aromatic rings. The standard InChI is InChI=1S/C9H9Br2N3O2S/c1-12-9(17)14-13-3-4-2-5(10)8(16)6(11)7(4)15/h2-3,15-16H,1H3,(H2,12,14,17)/p+1. The van der Waals surface area contributed by atoms with E-state index in [0.717, 1.165) is 0 Å². The van der Waals surface area contributed by atoms with Crippen molar-refractivity contribution in [2.45, 2.75) is 0 Å². The van der Waals surface area contributed by atoms with E-state index in [1.807, 2.05) is 0 Å². The first-order valence-electron chi connectivity index (χ1n) is 4.43. The molecule has 0 aliphatic carbocycles. The van der Waals surface area contributed by atoms with Gasteiger partial charge in [-0.1, -0.05) is 0 Å². The normalized spacial score (nSPS) is 10.5. The Labute approximate surface area is 120 Å². The van der Waals surface area contributed by atoms with Crippen LogP contribution in [0.15, 0.2) is 15.0 Å². The summed E-state index contributed by atoms with van der Waals surface area (Å²) in [5.74, 6) is -0.131. The van der Waals surface area contributed by atoms with Gasteiger partial charge in [-0.3, -0.25) is 0 Å². The Bertz CT molecular complexity index is 480. The summed E-state index contributed by atoms with van der Waals surface area (Å²) in [6.45, 7) is 0. The molecule has 0 atom stereocenters. The first-order chi connectivity index (χ1) is 7.97. The van der Waals surface area contributed by atoms with E-state index in [4.69, 9.17) is 12.2 Å². The van der Waals surface area contributed by atoms with Gasteiger partial charge < -0.3 is 15.5 Å². The Kier molecular flexibility index (Phi) is 5.16. The summed E-state index contributed by atoms with van der Waals surface area (Å²) < 4.78 is 0.683. The van der Waals surface area contributed by atoms with Crippen molar-refractivity contribution in [3.05, 3.63) is 20.6 Å². The van der Waals surface area contributed by atoms with Crippen molar-refractivity contribution in [3.63, 3.8) is 0 Å². The summed E-state index contributed by atoms with van der Waals surface area (Å²) in [6.07, 6.45) is 1.51. The lowest BCUT2D eigenvalue weighted by atomic mass is 10.2. The number of hydrazine groups is 1. The highest BCUT2D eigenvalue weighted by Crippen LogP contribution is 2.40. The fraction of sp³-hybridized carbons (Fsp3) is 0.111. The summed E-state index contributed by atoms with van der Waals surface area (Å²) in [6, 6.07) is 1.56. The number of halogens is 2. The molecule has 17 heavy (non-hydrogen) atoms. The Morgan fingerprint density at radius 2 is 2.06 bits per heavy atom. The number of thiocarbonyl (C=S) groups is 1. The van der Waals surface area contributed by atoms with Crippen LogP contribution in [0.5, 0.6) is 11.5 Å². The lowest BCUT2D eigenvalue weighted by Crippen LogP contribution is -2.82. The molecule has 5 N–H and O–H groups in total. The van der Waals surface area contributed by atoms with Crippen LogP contribution in [0.25, 0.3) is 0 Å². The number of phenolic OH excluding ortho intramolecular Hbond substituents is 2. The predicted octanol–water partition coefficient (Wildman–Crippen LogP) is 0.131. The zero-order chi connectivity index (χ0) is 13.0. The molecule has 0 saturated carbocycles. The second-order valence-corrected chi connectivity index (χ2v) is 5.01. The Balaban J connectivity index is 2.96. The number of nitrogens with one attached hydrogen (secondary N) is 3. The smallest absolute Gasteiger partial charge is 0.223 e. The quantitative estimate of drug-likeness (QED) is 0.285. The van der Waals surface area contributed by atoms with Crippen molar-refractivity contribution in [3.8, 4) is 11.5 Å². The van der Waals surface area contributed by atoms with Crippen LogP contribution in [-0.2, 0) is 0 Å². The summed E-state index contributed by atoms with van der Waals surface area (Å²) in [7, 11) is 1.68. The lowest BCUT2D eigenvalue weighted by Gasteiger charge is -2.04. The maximum atomic E-state index is 9.75. The van der Waals surface area contributed by atoms with Crippen LogP contribution in [-0.4, -0.2) is 28.6 Å². The van der Waals surface area contributed by atoms with Crippen molar-refractivity contribution < 1.29 is 15.3 Å². The summed E-state index contributed by atoms with van der Waals surface area (Å²) in [4.78, 5) is 0. The minimum Gasteiger partial charge on any atom is -0.506 e. The number of hydrogen-bond donors (Lipinski definition) is 5. The van der Waals surface area contributed by atoms with Gasteiger partial charge in [0.2, 0.25) is 11.3 Å². The van der Waals surface area contributed by atoms with Gasteiger partial charge in [-0.15, -0.1) is 10.5 Å². The zero-order valence-corrected chi connectivity index (χ0v) is 12.7. The predicted molar refractivity (Wildman–Crippen MR) is 76.1 cm³/mol. The van der Waals surface area contributed by atoms with Gasteiger partial charge in [0.25, 0.3) is 0 Å². The number of aromatic hydroxyl groups is 2. The van der Waals surface area contributed by atoms with Crippen LogP contribution in [0.2, 0.25) is 0 Å². The van der Waals surface area contributed by atoms with Crippen LogP contribution in [0, 0.1) is 0 Å². The van der Waals surface area contributed by atoms with E-state index in [-0.39, 0.29) is 16.0 Å². The second kappa shape index (κ2) is 6.18. The van der Waals surface area contributed by atoms with Gasteiger partial charge in [0, 0.05) is 7.05 Å². The average molecular weight is 384 g/mol. The van der Waals surface area contributed by atoms with Crippen molar-refractivity contribution in [2.75, 3.05) is 7.05 Å². The highest BCUT2D eigenvalue weighted by molar-refractivity contribution is 9.11. The first-order valence-corrected chi connectivity index (χ1v) is 6.43. The van der Waals surface area contributed by atoms with E-state index >= 15 is 0 Å². The Morgan fingerprint density at radius 3 is 2.65 bits per heavy atom. The van der Waals surface area contributed by atoms with Crippen molar-refractivity contribution in [1.29, 1.82) is 0 Å². The number of hydrazone groups is 1. The van der Waals surface area contributed by atoms with E-state index in [1.54, 1.807) is 13.1 Å². The molecule has 0 saturated heterocycles. The molecule has 8 heteroatoms. The van der Waals surface area contributed by atoms with Crippen LogP contribution in [0.1, 0.15) is 5.56 Å². The molecule has 0 bridgehead atoms. The van der Waals surface area contributed by atoms with E-state index in [0.29, 0.717) is 15.1 Å². The first kappa shape index (κ1) is 14.2. The lowest BCUT2D eigenvalue weighted by molar-refractivity contribution is -0.500. The highest BCUT2D eigenvalue weighted by Gasteiger charge is 2.14. The summed E-state index contributed by atoms with van der Waals surface area (Å²) in [5.41, 5.74) is 3.15. The summed E-state index contributed by atoms with van der Waals surface area (Å²) in [5, 5.41) is 25.1. The maximum absolute atomic E-state index is 9.75. The van der Waals surface area contributed by atoms with Crippen LogP contribution < -0.4 is 15.8 Å². The molecule has 0 aliphatic rings. The molecular formula is C9H10Br2N3O2S+. The third-order valence-electron chi connectivity index (χ3n) is 1.84. The molecule has 0 amide bonds. The third-order valence-corrected chi connectivity index (χ3v) is 3.50. The maximum Gasteiger partial charge on any atom is 0.223 e. The van der Waals surface area contributed by atoms with Gasteiger partial charge in [0.15, 0.2) is 0 Å². The Hall–Kier alpha value is -0.860.